The highest BCUT2D eigenvalue weighted by molar-refractivity contribution is 6.04. The zero-order valence-corrected chi connectivity index (χ0v) is 18.9. The lowest BCUT2D eigenvalue weighted by Gasteiger charge is -2.30. The van der Waals surface area contributed by atoms with Crippen molar-refractivity contribution in [3.8, 4) is 17.2 Å². The number of ether oxygens (including phenoxy) is 2. The molecular formula is C24H27N5O4. The molecule has 9 nitrogen and oxygen atoms in total. The van der Waals surface area contributed by atoms with Gasteiger partial charge < -0.3 is 19.7 Å². The highest BCUT2D eigenvalue weighted by Crippen LogP contribution is 2.28. The number of carbonyl (C=O) groups excluding carboxylic acids is 2. The Hall–Kier alpha value is -3.88. The number of aromatic nitrogens is 3. The number of nitrogens with zero attached hydrogens (tertiary/aromatic N) is 4. The molecule has 1 aliphatic rings. The molecule has 0 saturated carbocycles. The van der Waals surface area contributed by atoms with E-state index in [1.807, 2.05) is 20.8 Å². The number of amides is 2. The molecule has 0 spiro atoms. The summed E-state index contributed by atoms with van der Waals surface area (Å²) < 4.78 is 13.5. The van der Waals surface area contributed by atoms with Crippen LogP contribution < -0.4 is 14.8 Å². The van der Waals surface area contributed by atoms with Crippen LogP contribution in [0.5, 0.6) is 17.2 Å². The van der Waals surface area contributed by atoms with Crippen molar-refractivity contribution >= 4 is 17.6 Å². The summed E-state index contributed by atoms with van der Waals surface area (Å²) in [5.74, 6) is 1.43. The van der Waals surface area contributed by atoms with E-state index in [4.69, 9.17) is 9.47 Å². The lowest BCUT2D eigenvalue weighted by Crippen LogP contribution is -2.42. The van der Waals surface area contributed by atoms with Crippen molar-refractivity contribution in [2.75, 3.05) is 18.4 Å². The van der Waals surface area contributed by atoms with E-state index in [1.165, 1.54) is 6.20 Å². The minimum absolute atomic E-state index is 0.0788. The van der Waals surface area contributed by atoms with Gasteiger partial charge in [-0.05, 0) is 51.5 Å². The highest BCUT2D eigenvalue weighted by atomic mass is 16.5. The molecule has 9 heteroatoms. The minimum Gasteiger partial charge on any atom is -0.491 e. The molecule has 4 rings (SSSR count). The monoisotopic (exact) mass is 449 g/mol. The van der Waals surface area contributed by atoms with E-state index in [0.29, 0.717) is 40.9 Å². The summed E-state index contributed by atoms with van der Waals surface area (Å²) in [5.41, 5.74) is 0.747. The van der Waals surface area contributed by atoms with E-state index in [2.05, 4.69) is 15.4 Å². The number of nitrogens with one attached hydrogen (secondary N) is 1. The van der Waals surface area contributed by atoms with Crippen LogP contribution in [0.4, 0.5) is 5.82 Å². The van der Waals surface area contributed by atoms with Crippen molar-refractivity contribution in [3.63, 3.8) is 0 Å². The molecule has 1 aromatic carbocycles. The van der Waals surface area contributed by atoms with E-state index in [9.17, 15) is 9.59 Å². The maximum Gasteiger partial charge on any atom is 0.272 e. The van der Waals surface area contributed by atoms with Crippen LogP contribution in [0.15, 0.2) is 48.8 Å². The molecule has 3 aromatic rings. The van der Waals surface area contributed by atoms with Gasteiger partial charge >= 0.3 is 0 Å². The lowest BCUT2D eigenvalue weighted by molar-refractivity contribution is 0.0645. The minimum atomic E-state index is -0.330. The third-order valence-corrected chi connectivity index (χ3v) is 5.05. The SMILES string of the molecule is CCn1ccc(NC(=O)c2cc(Oc3ccc(C(=O)N4CCC4)nc3)cc(OC(C)C)c2)n1. The van der Waals surface area contributed by atoms with Gasteiger partial charge in [0, 0.05) is 43.5 Å². The normalized spacial score (nSPS) is 12.9. The standard InChI is InChI=1S/C24H27N5O4/c1-4-29-11-8-22(27-29)26-23(30)17-12-19(32-16(2)3)14-20(13-17)33-18-6-7-21(25-15-18)24(31)28-9-5-10-28/h6-8,11-16H,4-5,9-10H2,1-3H3,(H,26,27,30). The number of aryl methyl sites for hydroxylation is 1. The van der Waals surface area contributed by atoms with Gasteiger partial charge in [-0.25, -0.2) is 4.98 Å². The average molecular weight is 450 g/mol. The third-order valence-electron chi connectivity index (χ3n) is 5.05. The first-order valence-electron chi connectivity index (χ1n) is 11.0. The third kappa shape index (κ3) is 5.49. The van der Waals surface area contributed by atoms with Gasteiger partial charge in [0.15, 0.2) is 5.82 Å². The molecule has 172 valence electrons. The van der Waals surface area contributed by atoms with Crippen LogP contribution in [0.1, 0.15) is 48.0 Å². The summed E-state index contributed by atoms with van der Waals surface area (Å²) in [4.78, 5) is 31.1. The number of pyridine rings is 1. The van der Waals surface area contributed by atoms with E-state index < -0.39 is 0 Å². The second-order valence-electron chi connectivity index (χ2n) is 8.00. The smallest absolute Gasteiger partial charge is 0.272 e. The van der Waals surface area contributed by atoms with E-state index in [0.717, 1.165) is 19.5 Å². The zero-order chi connectivity index (χ0) is 23.4. The number of hydrogen-bond donors (Lipinski definition) is 1. The van der Waals surface area contributed by atoms with Crippen LogP contribution in [0.2, 0.25) is 0 Å². The maximum absolute atomic E-state index is 12.8. The Bertz CT molecular complexity index is 1140. The number of carbonyl (C=O) groups is 2. The molecule has 0 atom stereocenters. The predicted octanol–water partition coefficient (Wildman–Crippen LogP) is 3.98. The first kappa shape index (κ1) is 22.3. The van der Waals surface area contributed by atoms with Gasteiger partial charge in [0.05, 0.1) is 12.3 Å². The maximum atomic E-state index is 12.8. The number of rotatable bonds is 8. The van der Waals surface area contributed by atoms with E-state index in [-0.39, 0.29) is 17.9 Å². The van der Waals surface area contributed by atoms with Gasteiger partial charge in [-0.15, -0.1) is 0 Å². The zero-order valence-electron chi connectivity index (χ0n) is 18.9. The van der Waals surface area contributed by atoms with Gasteiger partial charge in [0.25, 0.3) is 11.8 Å². The fourth-order valence-corrected chi connectivity index (χ4v) is 3.28. The van der Waals surface area contributed by atoms with Crippen LogP contribution >= 0.6 is 0 Å². The van der Waals surface area contributed by atoms with Gasteiger partial charge in [-0.2, -0.15) is 5.10 Å². The number of hydrogen-bond acceptors (Lipinski definition) is 6. The fourth-order valence-electron chi connectivity index (χ4n) is 3.28. The van der Waals surface area contributed by atoms with Crippen molar-refractivity contribution in [2.24, 2.45) is 0 Å². The molecule has 1 fully saturated rings. The van der Waals surface area contributed by atoms with Crippen molar-refractivity contribution in [1.82, 2.24) is 19.7 Å². The first-order valence-corrected chi connectivity index (χ1v) is 11.0. The average Bonchev–Trinajstić information content (AvgIpc) is 3.20. The fraction of sp³-hybridized carbons (Fsp3) is 0.333. The molecule has 0 radical (unpaired) electrons. The van der Waals surface area contributed by atoms with Gasteiger partial charge in [0.2, 0.25) is 0 Å². The molecule has 1 saturated heterocycles. The quantitative estimate of drug-likeness (QED) is 0.559. The molecule has 1 N–H and O–H groups in total. The van der Waals surface area contributed by atoms with Crippen LogP contribution in [0, 0.1) is 0 Å². The van der Waals surface area contributed by atoms with Crippen LogP contribution in [-0.4, -0.2) is 50.7 Å². The second-order valence-corrected chi connectivity index (χ2v) is 8.00. The molecular weight excluding hydrogens is 422 g/mol. The largest absolute Gasteiger partial charge is 0.491 e. The summed E-state index contributed by atoms with van der Waals surface area (Å²) in [7, 11) is 0. The molecule has 2 aromatic heterocycles. The molecule has 1 aliphatic heterocycles. The van der Waals surface area contributed by atoms with Crippen LogP contribution in [0.25, 0.3) is 0 Å². The number of anilines is 1. The van der Waals surface area contributed by atoms with Crippen molar-refractivity contribution < 1.29 is 19.1 Å². The van der Waals surface area contributed by atoms with Crippen molar-refractivity contribution in [3.05, 3.63) is 60.0 Å². The Balaban J connectivity index is 1.52. The Morgan fingerprint density at radius 3 is 2.48 bits per heavy atom. The highest BCUT2D eigenvalue weighted by Gasteiger charge is 2.22. The van der Waals surface area contributed by atoms with Crippen molar-refractivity contribution in [2.45, 2.75) is 39.8 Å². The first-order chi connectivity index (χ1) is 15.9. The Kier molecular flexibility index (Phi) is 6.58. The summed E-state index contributed by atoms with van der Waals surface area (Å²) in [6.07, 6.45) is 4.24. The predicted molar refractivity (Wildman–Crippen MR) is 123 cm³/mol. The molecule has 0 unspecified atom stereocenters. The van der Waals surface area contributed by atoms with Crippen molar-refractivity contribution in [1.29, 1.82) is 0 Å². The molecule has 0 bridgehead atoms. The molecule has 2 amide bonds. The summed E-state index contributed by atoms with van der Waals surface area (Å²) >= 11 is 0. The van der Waals surface area contributed by atoms with Gasteiger partial charge in [-0.3, -0.25) is 14.3 Å². The number of benzene rings is 1. The topological polar surface area (TPSA) is 98.6 Å². The lowest BCUT2D eigenvalue weighted by atomic mass is 10.2. The summed E-state index contributed by atoms with van der Waals surface area (Å²) in [5, 5.41) is 7.07. The van der Waals surface area contributed by atoms with Gasteiger partial charge in [0.1, 0.15) is 22.9 Å². The molecule has 3 heterocycles. The Morgan fingerprint density at radius 2 is 1.88 bits per heavy atom. The molecule has 0 aliphatic carbocycles. The Labute approximate surface area is 192 Å². The Morgan fingerprint density at radius 1 is 1.09 bits per heavy atom. The van der Waals surface area contributed by atoms with E-state index >= 15 is 0 Å². The van der Waals surface area contributed by atoms with E-state index in [1.54, 1.807) is 52.2 Å². The van der Waals surface area contributed by atoms with Crippen LogP contribution in [-0.2, 0) is 6.54 Å². The second kappa shape index (κ2) is 9.72. The molecule has 33 heavy (non-hydrogen) atoms. The van der Waals surface area contributed by atoms with Crippen LogP contribution in [0.3, 0.4) is 0 Å². The number of likely N-dealkylation sites (tertiary alicyclic amines) is 1. The summed E-state index contributed by atoms with van der Waals surface area (Å²) in [6.45, 7) is 8.03. The summed E-state index contributed by atoms with van der Waals surface area (Å²) in [6, 6.07) is 10.1. The van der Waals surface area contributed by atoms with Gasteiger partial charge in [-0.1, -0.05) is 0 Å².